The van der Waals surface area contributed by atoms with Gasteiger partial charge in [0.1, 0.15) is 0 Å². The summed E-state index contributed by atoms with van der Waals surface area (Å²) in [6, 6.07) is 5.75. The molecule has 1 aromatic carbocycles. The second-order valence-corrected chi connectivity index (χ2v) is 5.53. The Morgan fingerprint density at radius 2 is 2.36 bits per heavy atom. The van der Waals surface area contributed by atoms with Crippen molar-refractivity contribution in [2.45, 2.75) is 24.5 Å². The Morgan fingerprint density at radius 1 is 1.50 bits per heavy atom. The molecule has 1 unspecified atom stereocenters. The maximum Gasteiger partial charge on any atom is 0.0410 e. The van der Waals surface area contributed by atoms with E-state index in [-0.39, 0.29) is 0 Å². The third-order valence-electron chi connectivity index (χ3n) is 2.58. The van der Waals surface area contributed by atoms with Gasteiger partial charge in [-0.05, 0) is 48.8 Å². The molecule has 1 heterocycles. The first-order chi connectivity index (χ1) is 6.75. The average Bonchev–Trinajstić information content (AvgIpc) is 2.64. The zero-order valence-corrected chi connectivity index (χ0v) is 9.57. The summed E-state index contributed by atoms with van der Waals surface area (Å²) >= 11 is 7.99. The van der Waals surface area contributed by atoms with Crippen LogP contribution in [0.25, 0.3) is 0 Å². The molecule has 76 valence electrons. The quantitative estimate of drug-likeness (QED) is 0.785. The summed E-state index contributed by atoms with van der Waals surface area (Å²) in [5.74, 6) is 1.30. The van der Waals surface area contributed by atoms with Gasteiger partial charge in [-0.1, -0.05) is 11.6 Å². The van der Waals surface area contributed by atoms with Crippen molar-refractivity contribution in [2.75, 3.05) is 11.5 Å². The van der Waals surface area contributed by atoms with Crippen LogP contribution < -0.4 is 5.73 Å². The van der Waals surface area contributed by atoms with Crippen molar-refractivity contribution in [3.05, 3.63) is 28.8 Å². The standard InChI is InChI=1S/C11H14ClNS/c12-9-3-4-11(13)8(6-9)7-10-2-1-5-14-10/h3-4,6,10H,1-2,5,7,13H2. The Hall–Kier alpha value is -0.340. The first kappa shape index (κ1) is 10.2. The number of halogens is 1. The van der Waals surface area contributed by atoms with E-state index in [0.717, 1.165) is 22.4 Å². The predicted octanol–water partition coefficient (Wildman–Crippen LogP) is 3.36. The Balaban J connectivity index is 2.10. The Bertz CT molecular complexity index is 321. The summed E-state index contributed by atoms with van der Waals surface area (Å²) in [7, 11) is 0. The maximum atomic E-state index is 5.94. The zero-order valence-electron chi connectivity index (χ0n) is 8.00. The fraction of sp³-hybridized carbons (Fsp3) is 0.455. The monoisotopic (exact) mass is 227 g/mol. The van der Waals surface area contributed by atoms with Gasteiger partial charge in [0.2, 0.25) is 0 Å². The molecule has 0 amide bonds. The molecule has 1 aromatic rings. The summed E-state index contributed by atoms with van der Waals surface area (Å²) < 4.78 is 0. The minimum Gasteiger partial charge on any atom is -0.399 e. The molecule has 1 aliphatic rings. The maximum absolute atomic E-state index is 5.94. The molecule has 0 radical (unpaired) electrons. The van der Waals surface area contributed by atoms with Crippen LogP contribution in [-0.4, -0.2) is 11.0 Å². The van der Waals surface area contributed by atoms with E-state index in [1.165, 1.54) is 24.2 Å². The number of anilines is 1. The number of hydrogen-bond donors (Lipinski definition) is 1. The molecule has 14 heavy (non-hydrogen) atoms. The van der Waals surface area contributed by atoms with Crippen LogP contribution in [0.4, 0.5) is 5.69 Å². The van der Waals surface area contributed by atoms with E-state index in [1.54, 1.807) is 0 Å². The predicted molar refractivity (Wildman–Crippen MR) is 65.0 cm³/mol. The lowest BCUT2D eigenvalue weighted by Crippen LogP contribution is -2.04. The largest absolute Gasteiger partial charge is 0.399 e. The van der Waals surface area contributed by atoms with Crippen LogP contribution in [-0.2, 0) is 6.42 Å². The van der Waals surface area contributed by atoms with Gasteiger partial charge in [-0.2, -0.15) is 11.8 Å². The van der Waals surface area contributed by atoms with Gasteiger partial charge in [0.05, 0.1) is 0 Å². The molecule has 1 nitrogen and oxygen atoms in total. The van der Waals surface area contributed by atoms with E-state index >= 15 is 0 Å². The highest BCUT2D eigenvalue weighted by molar-refractivity contribution is 8.00. The van der Waals surface area contributed by atoms with Crippen LogP contribution in [0.2, 0.25) is 5.02 Å². The Kier molecular flexibility index (Phi) is 3.24. The van der Waals surface area contributed by atoms with Crippen molar-refractivity contribution >= 4 is 29.1 Å². The highest BCUT2D eigenvalue weighted by Crippen LogP contribution is 2.31. The van der Waals surface area contributed by atoms with E-state index in [4.69, 9.17) is 17.3 Å². The van der Waals surface area contributed by atoms with Gasteiger partial charge in [0.15, 0.2) is 0 Å². The van der Waals surface area contributed by atoms with Crippen LogP contribution in [0.3, 0.4) is 0 Å². The van der Waals surface area contributed by atoms with Crippen molar-refractivity contribution in [1.82, 2.24) is 0 Å². The van der Waals surface area contributed by atoms with Gasteiger partial charge < -0.3 is 5.73 Å². The normalized spacial score (nSPS) is 21.4. The van der Waals surface area contributed by atoms with Crippen LogP contribution >= 0.6 is 23.4 Å². The summed E-state index contributed by atoms with van der Waals surface area (Å²) in [6.45, 7) is 0. The number of rotatable bonds is 2. The zero-order chi connectivity index (χ0) is 9.97. The smallest absolute Gasteiger partial charge is 0.0410 e. The highest BCUT2D eigenvalue weighted by Gasteiger charge is 2.16. The van der Waals surface area contributed by atoms with Gasteiger partial charge in [0, 0.05) is 16.0 Å². The van der Waals surface area contributed by atoms with Crippen molar-refractivity contribution in [1.29, 1.82) is 0 Å². The fourth-order valence-electron chi connectivity index (χ4n) is 1.80. The van der Waals surface area contributed by atoms with Gasteiger partial charge in [-0.3, -0.25) is 0 Å². The average molecular weight is 228 g/mol. The summed E-state index contributed by atoms with van der Waals surface area (Å²) in [6.07, 6.45) is 3.73. The third kappa shape index (κ3) is 2.37. The molecule has 2 N–H and O–H groups in total. The summed E-state index contributed by atoms with van der Waals surface area (Å²) in [4.78, 5) is 0. The molecule has 1 fully saturated rings. The van der Waals surface area contributed by atoms with Crippen LogP contribution in [0.1, 0.15) is 18.4 Å². The molecule has 0 aromatic heterocycles. The number of nitrogen functional groups attached to an aromatic ring is 1. The number of hydrogen-bond acceptors (Lipinski definition) is 2. The minimum absolute atomic E-state index is 0.746. The van der Waals surface area contributed by atoms with Gasteiger partial charge in [-0.15, -0.1) is 0 Å². The molecular formula is C11H14ClNS. The van der Waals surface area contributed by atoms with Crippen molar-refractivity contribution < 1.29 is 0 Å². The van der Waals surface area contributed by atoms with Crippen LogP contribution in [0.15, 0.2) is 18.2 Å². The topological polar surface area (TPSA) is 26.0 Å². The van der Waals surface area contributed by atoms with Crippen LogP contribution in [0.5, 0.6) is 0 Å². The number of nitrogens with two attached hydrogens (primary N) is 1. The van der Waals surface area contributed by atoms with Crippen molar-refractivity contribution in [3.8, 4) is 0 Å². The third-order valence-corrected chi connectivity index (χ3v) is 4.21. The summed E-state index contributed by atoms with van der Waals surface area (Å²) in [5, 5.41) is 1.54. The van der Waals surface area contributed by atoms with E-state index in [0.29, 0.717) is 0 Å². The highest BCUT2D eigenvalue weighted by atomic mass is 35.5. The SMILES string of the molecule is Nc1ccc(Cl)cc1CC1CCCS1. The Labute approximate surface area is 94.0 Å². The molecular weight excluding hydrogens is 214 g/mol. The number of benzene rings is 1. The molecule has 0 bridgehead atoms. The van der Waals surface area contributed by atoms with Gasteiger partial charge in [-0.25, -0.2) is 0 Å². The van der Waals surface area contributed by atoms with E-state index in [9.17, 15) is 0 Å². The molecule has 0 aliphatic carbocycles. The van der Waals surface area contributed by atoms with Gasteiger partial charge in [0.25, 0.3) is 0 Å². The van der Waals surface area contributed by atoms with E-state index in [2.05, 4.69) is 11.8 Å². The minimum atomic E-state index is 0.746. The van der Waals surface area contributed by atoms with Crippen molar-refractivity contribution in [2.24, 2.45) is 0 Å². The molecule has 1 aliphatic heterocycles. The number of thioether (sulfide) groups is 1. The second kappa shape index (κ2) is 4.45. The molecule has 1 saturated heterocycles. The molecule has 0 saturated carbocycles. The Morgan fingerprint density at radius 3 is 3.07 bits per heavy atom. The van der Waals surface area contributed by atoms with E-state index < -0.39 is 0 Å². The van der Waals surface area contributed by atoms with Gasteiger partial charge >= 0.3 is 0 Å². The van der Waals surface area contributed by atoms with E-state index in [1.807, 2.05) is 18.2 Å². The second-order valence-electron chi connectivity index (χ2n) is 3.68. The summed E-state index contributed by atoms with van der Waals surface area (Å²) in [5.41, 5.74) is 7.98. The first-order valence-electron chi connectivity index (χ1n) is 4.91. The lowest BCUT2D eigenvalue weighted by Gasteiger charge is -2.10. The lowest BCUT2D eigenvalue weighted by atomic mass is 10.1. The molecule has 0 spiro atoms. The molecule has 2 rings (SSSR count). The van der Waals surface area contributed by atoms with Crippen molar-refractivity contribution in [3.63, 3.8) is 0 Å². The fourth-order valence-corrected chi connectivity index (χ4v) is 3.29. The van der Waals surface area contributed by atoms with Crippen LogP contribution in [0, 0.1) is 0 Å². The molecule has 1 atom stereocenters. The first-order valence-corrected chi connectivity index (χ1v) is 6.34. The lowest BCUT2D eigenvalue weighted by molar-refractivity contribution is 0.778. The molecule has 3 heteroatoms.